The van der Waals surface area contributed by atoms with Gasteiger partial charge in [0.25, 0.3) is 0 Å². The van der Waals surface area contributed by atoms with Gasteiger partial charge in [-0.25, -0.2) is 0 Å². The van der Waals surface area contributed by atoms with Crippen LogP contribution in [0.2, 0.25) is 0 Å². The molecule has 0 bridgehead atoms. The van der Waals surface area contributed by atoms with E-state index in [9.17, 15) is 26.3 Å². The predicted octanol–water partition coefficient (Wildman–Crippen LogP) is 6.97. The predicted molar refractivity (Wildman–Crippen MR) is 91.1 cm³/mol. The summed E-state index contributed by atoms with van der Waals surface area (Å²) in [6.07, 6.45) is -8.32. The van der Waals surface area contributed by atoms with E-state index in [1.54, 1.807) is 0 Å². The molecule has 1 N–H and O–H groups in total. The van der Waals surface area contributed by atoms with Crippen LogP contribution < -0.4 is 4.72 Å². The van der Waals surface area contributed by atoms with Crippen LogP contribution in [0.1, 0.15) is 36.1 Å². The third-order valence-corrected chi connectivity index (χ3v) is 4.86. The Morgan fingerprint density at radius 1 is 0.808 bits per heavy atom. The summed E-state index contributed by atoms with van der Waals surface area (Å²) >= 11 is 1.03. The van der Waals surface area contributed by atoms with Gasteiger partial charge in [0.05, 0.1) is 11.1 Å². The van der Waals surface area contributed by atoms with Crippen LogP contribution in [-0.4, -0.2) is 0 Å². The second-order valence-corrected chi connectivity index (χ2v) is 6.43. The average molecular weight is 393 g/mol. The fourth-order valence-corrected chi connectivity index (χ4v) is 3.47. The molecule has 1 nitrogen and oxygen atoms in total. The molecule has 2 aromatic carbocycles. The lowest BCUT2D eigenvalue weighted by atomic mass is 10.1. The summed E-state index contributed by atoms with van der Waals surface area (Å²) in [4.78, 5) is 0.823. The van der Waals surface area contributed by atoms with Crippen LogP contribution >= 0.6 is 11.9 Å². The molecule has 0 unspecified atom stereocenters. The highest BCUT2D eigenvalue weighted by Crippen LogP contribution is 2.39. The maximum atomic E-state index is 12.9. The molecule has 0 amide bonds. The Morgan fingerprint density at radius 3 is 1.65 bits per heavy atom. The Hall–Kier alpha value is -1.83. The lowest BCUT2D eigenvalue weighted by Gasteiger charge is -2.17. The zero-order valence-corrected chi connectivity index (χ0v) is 14.9. The molecule has 0 radical (unpaired) electrons. The third-order valence-electron chi connectivity index (χ3n) is 3.80. The summed E-state index contributed by atoms with van der Waals surface area (Å²) in [5, 5.41) is 0. The van der Waals surface area contributed by atoms with Crippen molar-refractivity contribution in [3.63, 3.8) is 0 Å². The average Bonchev–Trinajstić information content (AvgIpc) is 2.57. The number of hydrogen-bond acceptors (Lipinski definition) is 2. The van der Waals surface area contributed by atoms with Crippen molar-refractivity contribution in [3.05, 3.63) is 58.7 Å². The quantitative estimate of drug-likeness (QED) is 0.435. The molecule has 0 saturated carbocycles. The molecule has 0 heterocycles. The van der Waals surface area contributed by atoms with Crippen LogP contribution in [0.15, 0.2) is 41.3 Å². The molecule has 0 fully saturated rings. The molecular weight excluding hydrogens is 376 g/mol. The summed E-state index contributed by atoms with van der Waals surface area (Å²) < 4.78 is 80.3. The van der Waals surface area contributed by atoms with E-state index in [1.165, 1.54) is 0 Å². The second-order valence-electron chi connectivity index (χ2n) is 5.61. The minimum absolute atomic E-state index is 0.118. The van der Waals surface area contributed by atoms with Gasteiger partial charge in [0.2, 0.25) is 0 Å². The normalized spacial score (nSPS) is 12.3. The summed E-state index contributed by atoms with van der Waals surface area (Å²) in [5.41, 5.74) is -0.968. The lowest BCUT2D eigenvalue weighted by molar-refractivity contribution is -0.143. The van der Waals surface area contributed by atoms with Gasteiger partial charge in [-0.15, -0.1) is 0 Å². The van der Waals surface area contributed by atoms with E-state index in [0.29, 0.717) is 25.0 Å². The van der Waals surface area contributed by atoms with Gasteiger partial charge >= 0.3 is 12.4 Å². The Morgan fingerprint density at radius 2 is 1.27 bits per heavy atom. The van der Waals surface area contributed by atoms with Gasteiger partial charge in [0.1, 0.15) is 0 Å². The highest BCUT2D eigenvalue weighted by atomic mass is 32.2. The highest BCUT2D eigenvalue weighted by molar-refractivity contribution is 8.00. The number of alkyl halides is 6. The van der Waals surface area contributed by atoms with Crippen LogP contribution in [0.4, 0.5) is 32.0 Å². The number of rotatable bonds is 5. The molecule has 0 aliphatic carbocycles. The largest absolute Gasteiger partial charge is 0.416 e. The first-order chi connectivity index (χ1) is 12.1. The molecule has 2 aromatic rings. The highest BCUT2D eigenvalue weighted by Gasteiger charge is 2.37. The first kappa shape index (κ1) is 20.5. The first-order valence-corrected chi connectivity index (χ1v) is 8.71. The van der Waals surface area contributed by atoms with E-state index >= 15 is 0 Å². The van der Waals surface area contributed by atoms with Crippen LogP contribution in [0.5, 0.6) is 0 Å². The van der Waals surface area contributed by atoms with Crippen molar-refractivity contribution in [1.82, 2.24) is 0 Å². The maximum absolute atomic E-state index is 12.9. The topological polar surface area (TPSA) is 12.0 Å². The monoisotopic (exact) mass is 393 g/mol. The van der Waals surface area contributed by atoms with Crippen molar-refractivity contribution < 1.29 is 26.3 Å². The van der Waals surface area contributed by atoms with Gasteiger partial charge in [-0.3, -0.25) is 0 Å². The zero-order valence-electron chi connectivity index (χ0n) is 14.1. The molecular formula is C18H17F6NS. The van der Waals surface area contributed by atoms with E-state index in [4.69, 9.17) is 0 Å². The van der Waals surface area contributed by atoms with Crippen LogP contribution in [0.25, 0.3) is 0 Å². The van der Waals surface area contributed by atoms with Gasteiger partial charge in [-0.05, 0) is 54.1 Å². The molecule has 0 aliphatic heterocycles. The van der Waals surface area contributed by atoms with Crippen molar-refractivity contribution in [2.45, 2.75) is 43.9 Å². The first-order valence-electron chi connectivity index (χ1n) is 7.89. The summed E-state index contributed by atoms with van der Waals surface area (Å²) in [6, 6.07) is 7.14. The van der Waals surface area contributed by atoms with E-state index in [1.807, 2.05) is 32.0 Å². The Balaban J connectivity index is 2.39. The smallest absolute Gasteiger partial charge is 0.326 e. The Kier molecular flexibility index (Phi) is 6.16. The van der Waals surface area contributed by atoms with Crippen LogP contribution in [0, 0.1) is 0 Å². The summed E-state index contributed by atoms with van der Waals surface area (Å²) in [6.45, 7) is 3.87. The molecule has 8 heteroatoms. The van der Waals surface area contributed by atoms with Crippen molar-refractivity contribution in [3.8, 4) is 0 Å². The Labute approximate surface area is 151 Å². The second kappa shape index (κ2) is 7.82. The van der Waals surface area contributed by atoms with E-state index < -0.39 is 23.5 Å². The van der Waals surface area contributed by atoms with Gasteiger partial charge < -0.3 is 4.72 Å². The minimum Gasteiger partial charge on any atom is -0.326 e. The van der Waals surface area contributed by atoms with Crippen molar-refractivity contribution >= 4 is 17.6 Å². The summed E-state index contributed by atoms with van der Waals surface area (Å²) in [7, 11) is 0. The number of hydrogen-bond donors (Lipinski definition) is 1. The third kappa shape index (κ3) is 4.87. The number of benzene rings is 2. The molecule has 0 spiro atoms. The van der Waals surface area contributed by atoms with Crippen molar-refractivity contribution in [2.75, 3.05) is 4.72 Å². The van der Waals surface area contributed by atoms with Gasteiger partial charge in [0.15, 0.2) is 0 Å². The fourth-order valence-electron chi connectivity index (χ4n) is 2.45. The summed E-state index contributed by atoms with van der Waals surface area (Å²) in [5.74, 6) is 0. The van der Waals surface area contributed by atoms with Crippen molar-refractivity contribution in [1.29, 1.82) is 0 Å². The number of anilines is 1. The molecule has 0 aromatic heterocycles. The number of aryl methyl sites for hydroxylation is 2. The fraction of sp³-hybridized carbons (Fsp3) is 0.333. The molecule has 26 heavy (non-hydrogen) atoms. The Bertz CT molecular complexity index is 713. The maximum Gasteiger partial charge on any atom is 0.416 e. The van der Waals surface area contributed by atoms with E-state index in [2.05, 4.69) is 4.72 Å². The number of nitrogens with one attached hydrogen (secondary N) is 1. The van der Waals surface area contributed by atoms with Crippen molar-refractivity contribution in [2.24, 2.45) is 0 Å². The number of halogens is 6. The van der Waals surface area contributed by atoms with Crippen LogP contribution in [0.3, 0.4) is 0 Å². The van der Waals surface area contributed by atoms with Gasteiger partial charge in [-0.2, -0.15) is 26.3 Å². The van der Waals surface area contributed by atoms with Gasteiger partial charge in [-0.1, -0.05) is 32.0 Å². The van der Waals surface area contributed by atoms with Crippen LogP contribution in [-0.2, 0) is 25.2 Å². The SMILES string of the molecule is CCc1cccc(CC)c1SNc1cc(C(F)(F)F)cc(C(F)(F)F)c1. The van der Waals surface area contributed by atoms with Gasteiger partial charge in [0, 0.05) is 10.6 Å². The molecule has 142 valence electrons. The van der Waals surface area contributed by atoms with E-state index in [-0.39, 0.29) is 11.8 Å². The zero-order chi connectivity index (χ0) is 19.5. The molecule has 0 saturated heterocycles. The molecule has 2 rings (SSSR count). The minimum atomic E-state index is -4.86. The lowest BCUT2D eigenvalue weighted by Crippen LogP contribution is -2.11. The molecule has 0 aliphatic rings. The standard InChI is InChI=1S/C18H17F6NS/c1-3-11-6-5-7-12(4-2)16(11)26-25-15-9-13(17(19,20)21)8-14(10-15)18(22,23)24/h5-10,25H,3-4H2,1-2H3. The van der Waals surface area contributed by atoms with E-state index in [0.717, 1.165) is 28.0 Å². The molecule has 0 atom stereocenters.